The molecule has 0 amide bonds. The maximum absolute atomic E-state index is 9.46. The smallest absolute Gasteiger partial charge is 0.240 e. The molecule has 0 radical (unpaired) electrons. The van der Waals surface area contributed by atoms with Crippen molar-refractivity contribution in [3.05, 3.63) is 28.4 Å². The number of rotatable bonds is 3. The highest BCUT2D eigenvalue weighted by Gasteiger charge is 2.26. The Hall–Kier alpha value is -2.41. The first-order valence-electron chi connectivity index (χ1n) is 9.76. The minimum Gasteiger partial charge on any atom is -0.370 e. The molecule has 3 aromatic heterocycles. The molecule has 0 bridgehead atoms. The van der Waals surface area contributed by atoms with Gasteiger partial charge in [0.1, 0.15) is 36.9 Å². The van der Waals surface area contributed by atoms with E-state index >= 15 is 0 Å². The zero-order valence-corrected chi connectivity index (χ0v) is 16.6. The van der Waals surface area contributed by atoms with Crippen LogP contribution in [0.2, 0.25) is 0 Å². The van der Waals surface area contributed by atoms with Gasteiger partial charge in [-0.3, -0.25) is 4.57 Å². The first-order valence-corrected chi connectivity index (χ1v) is 10.6. The third-order valence-corrected chi connectivity index (χ3v) is 6.81. The van der Waals surface area contributed by atoms with E-state index in [0.29, 0.717) is 5.92 Å². The van der Waals surface area contributed by atoms with Crippen LogP contribution in [0.3, 0.4) is 0 Å². The molecule has 2 aliphatic rings. The van der Waals surface area contributed by atoms with Gasteiger partial charge in [-0.1, -0.05) is 6.92 Å². The van der Waals surface area contributed by atoms with E-state index in [-0.39, 0.29) is 5.82 Å². The predicted octanol–water partition coefficient (Wildman–Crippen LogP) is 0.684. The van der Waals surface area contributed by atoms with Crippen LogP contribution in [0.15, 0.2) is 6.33 Å². The fourth-order valence-corrected chi connectivity index (χ4v) is 5.54. The summed E-state index contributed by atoms with van der Waals surface area (Å²) in [6.07, 6.45) is 4.88. The van der Waals surface area contributed by atoms with Crippen LogP contribution in [0.5, 0.6) is 0 Å². The number of morpholine rings is 1. The van der Waals surface area contributed by atoms with Crippen LogP contribution in [-0.2, 0) is 24.1 Å². The number of hydrogen-bond donors (Lipinski definition) is 1. The number of nitrogens with zero attached hydrogens (tertiary/aromatic N) is 6. The molecule has 5 rings (SSSR count). The minimum atomic E-state index is 0.258. The molecule has 3 aromatic rings. The highest BCUT2D eigenvalue weighted by molar-refractivity contribution is 7.18. The van der Waals surface area contributed by atoms with Gasteiger partial charge in [-0.05, 0) is 30.7 Å². The Labute approximate surface area is 166 Å². The zero-order valence-electron chi connectivity index (χ0n) is 15.8. The standard InChI is InChI=1S/C19H21N7OS/c1-12-2-3-13-14(8-12)28-19-17(13)18(26-11-21-24-16(26)9-20)22-15(23-19)10-25-4-6-27-7-5-25/h11-12H,2-8,10H2,1H3/p+1/t12-/m1/s1. The monoisotopic (exact) mass is 396 g/mol. The number of aromatic nitrogens is 5. The molecule has 1 aliphatic carbocycles. The molecule has 8 nitrogen and oxygen atoms in total. The van der Waals surface area contributed by atoms with E-state index in [1.165, 1.54) is 21.8 Å². The molecule has 1 fully saturated rings. The Kier molecular flexibility index (Phi) is 4.55. The van der Waals surface area contributed by atoms with Gasteiger partial charge in [0, 0.05) is 4.88 Å². The van der Waals surface area contributed by atoms with Gasteiger partial charge in [0.15, 0.2) is 11.6 Å². The van der Waals surface area contributed by atoms with Crippen LogP contribution in [0.1, 0.15) is 35.4 Å². The van der Waals surface area contributed by atoms with Gasteiger partial charge < -0.3 is 9.64 Å². The molecule has 9 heteroatoms. The lowest BCUT2D eigenvalue weighted by molar-refractivity contribution is -0.922. The van der Waals surface area contributed by atoms with E-state index in [9.17, 15) is 5.26 Å². The van der Waals surface area contributed by atoms with Gasteiger partial charge in [0.2, 0.25) is 5.82 Å². The van der Waals surface area contributed by atoms with Crippen molar-refractivity contribution in [1.29, 1.82) is 5.26 Å². The second kappa shape index (κ2) is 7.20. The fourth-order valence-electron chi connectivity index (χ4n) is 4.15. The van der Waals surface area contributed by atoms with Gasteiger partial charge in [-0.25, -0.2) is 9.97 Å². The molecule has 144 valence electrons. The molecule has 1 N–H and O–H groups in total. The van der Waals surface area contributed by atoms with Crippen LogP contribution in [0.25, 0.3) is 16.0 Å². The third kappa shape index (κ3) is 3.07. The van der Waals surface area contributed by atoms with E-state index in [0.717, 1.165) is 67.5 Å². The van der Waals surface area contributed by atoms with Crippen LogP contribution < -0.4 is 4.90 Å². The highest BCUT2D eigenvalue weighted by Crippen LogP contribution is 2.39. The molecule has 0 unspecified atom stereocenters. The molecule has 0 spiro atoms. The van der Waals surface area contributed by atoms with Gasteiger partial charge in [-0.15, -0.1) is 21.5 Å². The van der Waals surface area contributed by atoms with Gasteiger partial charge >= 0.3 is 0 Å². The average molecular weight is 397 g/mol. The third-order valence-electron chi connectivity index (χ3n) is 5.67. The van der Waals surface area contributed by atoms with E-state index < -0.39 is 0 Å². The number of nitrogens with one attached hydrogen (secondary N) is 1. The van der Waals surface area contributed by atoms with Crippen molar-refractivity contribution in [1.82, 2.24) is 24.7 Å². The number of aryl methyl sites for hydroxylation is 1. The fraction of sp³-hybridized carbons (Fsp3) is 0.526. The van der Waals surface area contributed by atoms with Crippen molar-refractivity contribution >= 4 is 21.6 Å². The topological polar surface area (TPSA) is 93.9 Å². The predicted molar refractivity (Wildman–Crippen MR) is 103 cm³/mol. The van der Waals surface area contributed by atoms with Gasteiger partial charge in [0.25, 0.3) is 0 Å². The van der Waals surface area contributed by atoms with Crippen molar-refractivity contribution in [3.63, 3.8) is 0 Å². The molecule has 4 heterocycles. The molecule has 1 aliphatic heterocycles. The van der Waals surface area contributed by atoms with Crippen LogP contribution in [0, 0.1) is 17.2 Å². The summed E-state index contributed by atoms with van der Waals surface area (Å²) in [6.45, 7) is 6.55. The zero-order chi connectivity index (χ0) is 19.1. The molecule has 0 aromatic carbocycles. The van der Waals surface area contributed by atoms with E-state index in [1.54, 1.807) is 22.2 Å². The number of hydrogen-bond acceptors (Lipinski definition) is 7. The molecule has 1 atom stereocenters. The maximum atomic E-state index is 9.46. The molecular formula is C19H22N7OS+. The number of thiophene rings is 1. The van der Waals surface area contributed by atoms with Crippen molar-refractivity contribution in [2.45, 2.75) is 32.7 Å². The molecule has 0 saturated carbocycles. The Morgan fingerprint density at radius 1 is 1.36 bits per heavy atom. The van der Waals surface area contributed by atoms with Crippen LogP contribution in [0.4, 0.5) is 0 Å². The normalized spacial score (nSPS) is 20.2. The number of ether oxygens (including phenoxy) is 1. The highest BCUT2D eigenvalue weighted by atomic mass is 32.1. The summed E-state index contributed by atoms with van der Waals surface area (Å²) in [5.41, 5.74) is 1.34. The Bertz CT molecular complexity index is 1060. The largest absolute Gasteiger partial charge is 0.370 e. The van der Waals surface area contributed by atoms with Crippen molar-refractivity contribution in [2.24, 2.45) is 5.92 Å². The van der Waals surface area contributed by atoms with E-state index in [4.69, 9.17) is 14.7 Å². The molecular weight excluding hydrogens is 374 g/mol. The van der Waals surface area contributed by atoms with Gasteiger partial charge in [-0.2, -0.15) is 5.26 Å². The maximum Gasteiger partial charge on any atom is 0.240 e. The SMILES string of the molecule is C[C@@H]1CCc2c(sc3nc(C[NH+]4CCOCC4)nc(-n4cnnc4C#N)c23)C1. The van der Waals surface area contributed by atoms with Crippen LogP contribution in [-0.4, -0.2) is 51.0 Å². The lowest BCUT2D eigenvalue weighted by atomic mass is 9.89. The second-order valence-corrected chi connectivity index (χ2v) is 8.75. The average Bonchev–Trinajstić information content (AvgIpc) is 3.31. The minimum absolute atomic E-state index is 0.258. The van der Waals surface area contributed by atoms with Crippen molar-refractivity contribution in [2.75, 3.05) is 26.3 Å². The summed E-state index contributed by atoms with van der Waals surface area (Å²) >= 11 is 1.78. The quantitative estimate of drug-likeness (QED) is 0.700. The summed E-state index contributed by atoms with van der Waals surface area (Å²) in [5, 5.41) is 18.4. The Morgan fingerprint density at radius 3 is 3.04 bits per heavy atom. The molecule has 1 saturated heterocycles. The summed E-state index contributed by atoms with van der Waals surface area (Å²) in [6, 6.07) is 2.13. The first-order chi connectivity index (χ1) is 13.7. The number of nitriles is 1. The summed E-state index contributed by atoms with van der Waals surface area (Å²) < 4.78 is 7.18. The summed E-state index contributed by atoms with van der Waals surface area (Å²) in [4.78, 5) is 13.7. The summed E-state index contributed by atoms with van der Waals surface area (Å²) in [5.74, 6) is 2.51. The first kappa shape index (κ1) is 17.7. The summed E-state index contributed by atoms with van der Waals surface area (Å²) in [7, 11) is 0. The second-order valence-electron chi connectivity index (χ2n) is 7.67. The van der Waals surface area contributed by atoms with Crippen molar-refractivity contribution < 1.29 is 9.64 Å². The molecule has 28 heavy (non-hydrogen) atoms. The lowest BCUT2D eigenvalue weighted by Gasteiger charge is -2.23. The van der Waals surface area contributed by atoms with E-state index in [2.05, 4.69) is 23.2 Å². The van der Waals surface area contributed by atoms with Crippen molar-refractivity contribution in [3.8, 4) is 11.9 Å². The van der Waals surface area contributed by atoms with Crippen LogP contribution >= 0.6 is 11.3 Å². The lowest BCUT2D eigenvalue weighted by Crippen LogP contribution is -3.12. The Morgan fingerprint density at radius 2 is 2.21 bits per heavy atom. The van der Waals surface area contributed by atoms with E-state index in [1.807, 2.05) is 0 Å². The van der Waals surface area contributed by atoms with Gasteiger partial charge in [0.05, 0.1) is 18.6 Å². The number of quaternary nitrogens is 1. The number of fused-ring (bicyclic) bond motifs is 3. The Balaban J connectivity index is 1.66.